The van der Waals surface area contributed by atoms with E-state index in [4.69, 9.17) is 13.9 Å². The fraction of sp³-hybridized carbons (Fsp3) is 0.370. The van der Waals surface area contributed by atoms with Crippen molar-refractivity contribution >= 4 is 23.0 Å². The lowest BCUT2D eigenvalue weighted by atomic mass is 10.0. The van der Waals surface area contributed by atoms with E-state index in [0.29, 0.717) is 11.1 Å². The zero-order valence-corrected chi connectivity index (χ0v) is 19.9. The van der Waals surface area contributed by atoms with E-state index in [9.17, 15) is 14.4 Å². The Labute approximate surface area is 198 Å². The average Bonchev–Trinajstić information content (AvgIpc) is 3.26. The molecule has 1 unspecified atom stereocenters. The highest BCUT2D eigenvalue weighted by molar-refractivity contribution is 5.88. The molecule has 7 heteroatoms. The second kappa shape index (κ2) is 9.33. The van der Waals surface area contributed by atoms with Gasteiger partial charge in [0.2, 0.25) is 0 Å². The number of rotatable bonds is 5. The van der Waals surface area contributed by atoms with Gasteiger partial charge in [0.1, 0.15) is 23.0 Å². The molecule has 34 heavy (non-hydrogen) atoms. The molecule has 178 valence electrons. The van der Waals surface area contributed by atoms with E-state index in [-0.39, 0.29) is 17.8 Å². The van der Waals surface area contributed by atoms with Gasteiger partial charge in [-0.3, -0.25) is 0 Å². The van der Waals surface area contributed by atoms with Gasteiger partial charge in [-0.2, -0.15) is 0 Å². The minimum atomic E-state index is -0.973. The van der Waals surface area contributed by atoms with Crippen molar-refractivity contribution in [3.8, 4) is 5.75 Å². The van der Waals surface area contributed by atoms with E-state index in [2.05, 4.69) is 5.32 Å². The van der Waals surface area contributed by atoms with E-state index in [1.54, 1.807) is 33.8 Å². The number of esters is 1. The lowest BCUT2D eigenvalue weighted by Gasteiger charge is -2.23. The first-order valence-corrected chi connectivity index (χ1v) is 11.5. The van der Waals surface area contributed by atoms with Crippen LogP contribution in [0.5, 0.6) is 5.75 Å². The maximum atomic E-state index is 13.2. The number of ether oxygens (including phenoxy) is 2. The Balaban J connectivity index is 1.61. The molecule has 1 N–H and O–H groups in total. The first-order chi connectivity index (χ1) is 16.1. The van der Waals surface area contributed by atoms with Crippen molar-refractivity contribution in [3.05, 3.63) is 75.1 Å². The fourth-order valence-electron chi connectivity index (χ4n) is 4.25. The summed E-state index contributed by atoms with van der Waals surface area (Å²) >= 11 is 0. The molecule has 4 rings (SSSR count). The minimum Gasteiger partial charge on any atom is -0.444 e. The molecular formula is C27H29NO6. The van der Waals surface area contributed by atoms with Gasteiger partial charge in [0.05, 0.1) is 0 Å². The predicted octanol–water partition coefficient (Wildman–Crippen LogP) is 4.63. The summed E-state index contributed by atoms with van der Waals surface area (Å²) in [5.41, 5.74) is 2.56. The van der Waals surface area contributed by atoms with Crippen LogP contribution in [-0.4, -0.2) is 23.7 Å². The summed E-state index contributed by atoms with van der Waals surface area (Å²) in [7, 11) is 0. The number of hydrogen-bond acceptors (Lipinski definition) is 6. The maximum absolute atomic E-state index is 13.2. The number of fused-ring (bicyclic) bond motifs is 3. The van der Waals surface area contributed by atoms with Gasteiger partial charge in [-0.1, -0.05) is 30.3 Å². The van der Waals surface area contributed by atoms with Gasteiger partial charge in [0.15, 0.2) is 0 Å². The molecule has 0 fully saturated rings. The number of nitrogens with one attached hydrogen (secondary N) is 1. The number of hydrogen-bond donors (Lipinski definition) is 1. The van der Waals surface area contributed by atoms with E-state index in [0.717, 1.165) is 41.3 Å². The third-order valence-electron chi connectivity index (χ3n) is 5.81. The summed E-state index contributed by atoms with van der Waals surface area (Å²) in [5, 5.41) is 3.50. The Morgan fingerprint density at radius 1 is 1.06 bits per heavy atom. The number of aryl methyl sites for hydroxylation is 2. The lowest BCUT2D eigenvalue weighted by molar-refractivity contribution is -0.136. The summed E-state index contributed by atoms with van der Waals surface area (Å²) in [6, 6.07) is 11.9. The number of benzene rings is 2. The van der Waals surface area contributed by atoms with Crippen LogP contribution in [0.25, 0.3) is 11.0 Å². The maximum Gasteiger partial charge on any atom is 0.408 e. The second-order valence-electron chi connectivity index (χ2n) is 9.58. The van der Waals surface area contributed by atoms with Crippen molar-refractivity contribution in [1.29, 1.82) is 0 Å². The Bertz CT molecular complexity index is 1290. The standard InChI is InChI=1S/C27H29NO6/c1-16-22(14-13-19-18-11-8-12-20(18)24(29)33-23(16)19)32-25(30)21(15-17-9-6-5-7-10-17)28-26(31)34-27(2,3)4/h5-7,9-10,13-14,21H,8,11-12,15H2,1-4H3,(H,28,31). The number of carbonyl (C=O) groups is 2. The molecule has 0 saturated carbocycles. The highest BCUT2D eigenvalue weighted by Crippen LogP contribution is 2.33. The van der Waals surface area contributed by atoms with Gasteiger partial charge in [0.25, 0.3) is 0 Å². The van der Waals surface area contributed by atoms with Crippen molar-refractivity contribution in [2.45, 2.75) is 65.0 Å². The van der Waals surface area contributed by atoms with Crippen molar-refractivity contribution in [2.24, 2.45) is 0 Å². The average molecular weight is 464 g/mol. The normalized spacial score (nSPS) is 13.9. The first-order valence-electron chi connectivity index (χ1n) is 11.5. The Morgan fingerprint density at radius 2 is 1.76 bits per heavy atom. The summed E-state index contributed by atoms with van der Waals surface area (Å²) in [5.74, 6) is -0.358. The van der Waals surface area contributed by atoms with Crippen LogP contribution in [0, 0.1) is 6.92 Å². The molecule has 3 aromatic rings. The summed E-state index contributed by atoms with van der Waals surface area (Å²) in [4.78, 5) is 38.0. The molecule has 0 aliphatic heterocycles. The third-order valence-corrected chi connectivity index (χ3v) is 5.81. The summed E-state index contributed by atoms with van der Waals surface area (Å²) in [6.45, 7) is 7.00. The molecule has 1 aliphatic rings. The molecule has 1 aliphatic carbocycles. The fourth-order valence-corrected chi connectivity index (χ4v) is 4.25. The van der Waals surface area contributed by atoms with E-state index in [1.807, 2.05) is 36.4 Å². The molecule has 1 aromatic heterocycles. The Hall–Kier alpha value is -3.61. The SMILES string of the molecule is Cc1c(OC(=O)C(Cc2ccccc2)NC(=O)OC(C)(C)C)ccc2c3c(c(=O)oc12)CCC3. The summed E-state index contributed by atoms with van der Waals surface area (Å²) < 4.78 is 16.6. The first kappa shape index (κ1) is 23.5. The number of carbonyl (C=O) groups excluding carboxylic acids is 2. The molecule has 7 nitrogen and oxygen atoms in total. The van der Waals surface area contributed by atoms with Gasteiger partial charge in [-0.25, -0.2) is 14.4 Å². The zero-order valence-electron chi connectivity index (χ0n) is 19.9. The minimum absolute atomic E-state index is 0.230. The smallest absolute Gasteiger partial charge is 0.408 e. The van der Waals surface area contributed by atoms with Gasteiger partial charge in [-0.15, -0.1) is 0 Å². The van der Waals surface area contributed by atoms with Crippen molar-refractivity contribution in [1.82, 2.24) is 5.32 Å². The molecule has 0 bridgehead atoms. The molecular weight excluding hydrogens is 434 g/mol. The van der Waals surface area contributed by atoms with Gasteiger partial charge >= 0.3 is 17.7 Å². The van der Waals surface area contributed by atoms with Crippen molar-refractivity contribution in [3.63, 3.8) is 0 Å². The second-order valence-corrected chi connectivity index (χ2v) is 9.58. The van der Waals surface area contributed by atoms with Crippen LogP contribution in [-0.2, 0) is 28.8 Å². The van der Waals surface area contributed by atoms with Gasteiger partial charge < -0.3 is 19.2 Å². The molecule has 1 amide bonds. The Kier molecular flexibility index (Phi) is 6.46. The van der Waals surface area contributed by atoms with Gasteiger partial charge in [0, 0.05) is 22.9 Å². The molecule has 0 saturated heterocycles. The van der Waals surface area contributed by atoms with Crippen LogP contribution in [0.4, 0.5) is 4.79 Å². The molecule has 0 radical (unpaired) electrons. The highest BCUT2D eigenvalue weighted by atomic mass is 16.6. The lowest BCUT2D eigenvalue weighted by Crippen LogP contribution is -2.46. The molecule has 1 heterocycles. The molecule has 0 spiro atoms. The largest absolute Gasteiger partial charge is 0.444 e. The number of alkyl carbamates (subject to hydrolysis) is 1. The number of amides is 1. The summed E-state index contributed by atoms with van der Waals surface area (Å²) in [6.07, 6.45) is 2.00. The van der Waals surface area contributed by atoms with Crippen LogP contribution in [0.15, 0.2) is 51.7 Å². The topological polar surface area (TPSA) is 94.8 Å². The van der Waals surface area contributed by atoms with Crippen LogP contribution in [0.3, 0.4) is 0 Å². The van der Waals surface area contributed by atoms with Crippen LogP contribution < -0.4 is 15.7 Å². The third kappa shape index (κ3) is 5.14. The molecule has 2 aromatic carbocycles. The predicted molar refractivity (Wildman–Crippen MR) is 128 cm³/mol. The van der Waals surface area contributed by atoms with Crippen LogP contribution >= 0.6 is 0 Å². The van der Waals surface area contributed by atoms with Crippen LogP contribution in [0.2, 0.25) is 0 Å². The van der Waals surface area contributed by atoms with Crippen molar-refractivity contribution in [2.75, 3.05) is 0 Å². The van der Waals surface area contributed by atoms with E-state index < -0.39 is 23.7 Å². The molecule has 1 atom stereocenters. The Morgan fingerprint density at radius 3 is 2.47 bits per heavy atom. The quantitative estimate of drug-likeness (QED) is 0.337. The van der Waals surface area contributed by atoms with Crippen LogP contribution in [0.1, 0.15) is 49.4 Å². The van der Waals surface area contributed by atoms with Gasteiger partial charge in [-0.05, 0) is 70.2 Å². The monoisotopic (exact) mass is 463 g/mol. The zero-order chi connectivity index (χ0) is 24.5. The van der Waals surface area contributed by atoms with E-state index in [1.165, 1.54) is 0 Å². The highest BCUT2D eigenvalue weighted by Gasteiger charge is 2.28. The van der Waals surface area contributed by atoms with E-state index >= 15 is 0 Å². The van der Waals surface area contributed by atoms with Crippen molar-refractivity contribution < 1.29 is 23.5 Å².